The lowest BCUT2D eigenvalue weighted by Gasteiger charge is -2.10. The number of fused-ring (bicyclic) bond motifs is 1. The number of amides is 2. The summed E-state index contributed by atoms with van der Waals surface area (Å²) in [7, 11) is 1.59. The van der Waals surface area contributed by atoms with Gasteiger partial charge in [-0.25, -0.2) is 4.68 Å². The number of non-ortho nitro benzene ring substituents is 1. The highest BCUT2D eigenvalue weighted by Gasteiger charge is 2.36. The molecule has 10 heteroatoms. The van der Waals surface area contributed by atoms with Gasteiger partial charge in [0.05, 0.1) is 24.1 Å². The molecule has 0 saturated carbocycles. The van der Waals surface area contributed by atoms with Gasteiger partial charge < -0.3 is 15.4 Å². The number of nitro benzene ring substituents is 1. The molecule has 2 N–H and O–H groups in total. The Morgan fingerprint density at radius 1 is 1.28 bits per heavy atom. The van der Waals surface area contributed by atoms with E-state index in [1.807, 2.05) is 31.2 Å². The molecule has 0 spiro atoms. The van der Waals surface area contributed by atoms with Gasteiger partial charge in [-0.05, 0) is 36.2 Å². The van der Waals surface area contributed by atoms with Crippen LogP contribution in [0.4, 0.5) is 17.2 Å². The van der Waals surface area contributed by atoms with Crippen molar-refractivity contribution in [3.05, 3.63) is 64.3 Å². The van der Waals surface area contributed by atoms with Crippen LogP contribution in [0.5, 0.6) is 5.75 Å². The van der Waals surface area contributed by atoms with E-state index in [9.17, 15) is 19.7 Å². The van der Waals surface area contributed by atoms with Crippen molar-refractivity contribution in [1.29, 1.82) is 0 Å². The Hall–Kier alpha value is -4.21. The molecule has 0 bridgehead atoms. The highest BCUT2D eigenvalue weighted by Crippen LogP contribution is 2.39. The summed E-state index contributed by atoms with van der Waals surface area (Å²) < 4.78 is 6.87. The number of carbonyl (C=O) groups excluding carboxylic acids is 2. The number of hydrogen-bond acceptors (Lipinski definition) is 6. The van der Waals surface area contributed by atoms with Gasteiger partial charge in [0.25, 0.3) is 11.6 Å². The van der Waals surface area contributed by atoms with Crippen LogP contribution >= 0.6 is 0 Å². The number of carbonyl (C=O) groups is 2. The van der Waals surface area contributed by atoms with Gasteiger partial charge in [-0.1, -0.05) is 19.1 Å². The van der Waals surface area contributed by atoms with E-state index >= 15 is 0 Å². The maximum atomic E-state index is 12.7. The Kier molecular flexibility index (Phi) is 5.59. The summed E-state index contributed by atoms with van der Waals surface area (Å²) in [6, 6.07) is 12.2. The predicted octanol–water partition coefficient (Wildman–Crippen LogP) is 3.55. The summed E-state index contributed by atoms with van der Waals surface area (Å²) in [6.07, 6.45) is 0.516. The molecule has 164 valence electrons. The normalized spacial score (nSPS) is 14.6. The monoisotopic (exact) mass is 435 g/mol. The van der Waals surface area contributed by atoms with Crippen molar-refractivity contribution < 1.29 is 19.2 Å². The summed E-state index contributed by atoms with van der Waals surface area (Å²) in [5, 5.41) is 20.9. The molecule has 2 heterocycles. The number of ether oxygens (including phenoxy) is 1. The predicted molar refractivity (Wildman–Crippen MR) is 118 cm³/mol. The fourth-order valence-electron chi connectivity index (χ4n) is 3.70. The summed E-state index contributed by atoms with van der Waals surface area (Å²) in [5.74, 6) is 0.516. The Morgan fingerprint density at radius 2 is 2.03 bits per heavy atom. The lowest BCUT2D eigenvalue weighted by Crippen LogP contribution is -2.23. The van der Waals surface area contributed by atoms with Crippen molar-refractivity contribution in [1.82, 2.24) is 9.78 Å². The van der Waals surface area contributed by atoms with Crippen LogP contribution in [-0.4, -0.2) is 33.6 Å². The minimum absolute atomic E-state index is 0.0727. The Bertz CT molecular complexity index is 1200. The number of methoxy groups -OCH3 is 1. The van der Waals surface area contributed by atoms with E-state index < -0.39 is 16.9 Å². The van der Waals surface area contributed by atoms with E-state index in [-0.39, 0.29) is 18.0 Å². The number of nitrogens with one attached hydrogen (secondary N) is 2. The first kappa shape index (κ1) is 21.0. The largest absolute Gasteiger partial charge is 0.497 e. The van der Waals surface area contributed by atoms with Crippen LogP contribution in [0.3, 0.4) is 0 Å². The van der Waals surface area contributed by atoms with Crippen LogP contribution in [0.1, 0.15) is 25.1 Å². The van der Waals surface area contributed by atoms with Crippen molar-refractivity contribution >= 4 is 29.0 Å². The van der Waals surface area contributed by atoms with Crippen LogP contribution in [-0.2, 0) is 16.0 Å². The molecule has 1 aromatic heterocycles. The van der Waals surface area contributed by atoms with Gasteiger partial charge in [-0.2, -0.15) is 5.10 Å². The summed E-state index contributed by atoms with van der Waals surface area (Å²) in [6.45, 7) is 1.97. The van der Waals surface area contributed by atoms with Gasteiger partial charge in [0.15, 0.2) is 0 Å². The first-order valence-electron chi connectivity index (χ1n) is 10.0. The zero-order chi connectivity index (χ0) is 22.8. The average Bonchev–Trinajstić information content (AvgIpc) is 3.29. The summed E-state index contributed by atoms with van der Waals surface area (Å²) >= 11 is 0. The van der Waals surface area contributed by atoms with E-state index in [1.54, 1.807) is 11.8 Å². The minimum atomic E-state index is -0.798. The molecule has 2 amide bonds. The maximum Gasteiger partial charge on any atom is 0.269 e. The Morgan fingerprint density at radius 3 is 2.69 bits per heavy atom. The fraction of sp³-hybridized carbons (Fsp3) is 0.227. The van der Waals surface area contributed by atoms with E-state index in [4.69, 9.17) is 4.74 Å². The quantitative estimate of drug-likeness (QED) is 0.431. The van der Waals surface area contributed by atoms with Crippen LogP contribution in [0.2, 0.25) is 0 Å². The van der Waals surface area contributed by atoms with Gasteiger partial charge in [0.1, 0.15) is 17.6 Å². The van der Waals surface area contributed by atoms with Gasteiger partial charge in [0.2, 0.25) is 5.91 Å². The number of benzene rings is 2. The third kappa shape index (κ3) is 3.89. The van der Waals surface area contributed by atoms with Gasteiger partial charge in [-0.15, -0.1) is 0 Å². The Labute approximate surface area is 183 Å². The second-order valence-electron chi connectivity index (χ2n) is 7.26. The molecule has 2 aromatic carbocycles. The molecule has 1 atom stereocenters. The molecule has 32 heavy (non-hydrogen) atoms. The molecular formula is C22H21N5O5. The van der Waals surface area contributed by atoms with Crippen LogP contribution in [0.15, 0.2) is 48.5 Å². The summed E-state index contributed by atoms with van der Waals surface area (Å²) in [4.78, 5) is 35.5. The average molecular weight is 435 g/mol. The van der Waals surface area contributed by atoms with Crippen LogP contribution < -0.4 is 15.4 Å². The van der Waals surface area contributed by atoms with E-state index in [0.29, 0.717) is 23.7 Å². The van der Waals surface area contributed by atoms with E-state index in [1.165, 1.54) is 24.3 Å². The molecule has 1 unspecified atom stereocenters. The first-order valence-corrected chi connectivity index (χ1v) is 10.0. The van der Waals surface area contributed by atoms with E-state index in [2.05, 4.69) is 15.7 Å². The third-order valence-corrected chi connectivity index (χ3v) is 5.26. The zero-order valence-electron chi connectivity index (χ0n) is 17.5. The fourth-order valence-corrected chi connectivity index (χ4v) is 3.70. The second-order valence-corrected chi connectivity index (χ2v) is 7.26. The van der Waals surface area contributed by atoms with Crippen LogP contribution in [0, 0.1) is 10.1 Å². The molecule has 0 saturated heterocycles. The number of hydrogen-bond donors (Lipinski definition) is 2. The highest BCUT2D eigenvalue weighted by atomic mass is 16.6. The van der Waals surface area contributed by atoms with Crippen molar-refractivity contribution in [2.24, 2.45) is 0 Å². The number of aryl methyl sites for hydroxylation is 1. The van der Waals surface area contributed by atoms with Crippen LogP contribution in [0.25, 0.3) is 11.1 Å². The molecular weight excluding hydrogens is 414 g/mol. The summed E-state index contributed by atoms with van der Waals surface area (Å²) in [5.41, 5.74) is 2.80. The molecule has 4 rings (SSSR count). The number of aromatic nitrogens is 2. The second kappa shape index (κ2) is 8.50. The molecule has 10 nitrogen and oxygen atoms in total. The van der Waals surface area contributed by atoms with Crippen molar-refractivity contribution in [3.8, 4) is 16.9 Å². The Balaban J connectivity index is 1.57. The molecule has 3 aromatic rings. The molecule has 1 aliphatic rings. The smallest absolute Gasteiger partial charge is 0.269 e. The molecule has 1 aliphatic heterocycles. The highest BCUT2D eigenvalue weighted by molar-refractivity contribution is 6.04. The van der Waals surface area contributed by atoms with E-state index in [0.717, 1.165) is 16.8 Å². The molecule has 0 aliphatic carbocycles. The lowest BCUT2D eigenvalue weighted by molar-refractivity contribution is -0.384. The third-order valence-electron chi connectivity index (χ3n) is 5.26. The van der Waals surface area contributed by atoms with Gasteiger partial charge in [0, 0.05) is 23.4 Å². The standard InChI is InChI=1S/C22H21N5O5/c1-3-17-20(13-5-4-6-16(11-13)32-2)21-24-22(29)18(26(21)25-17)12-19(28)23-14-7-9-15(10-8-14)27(30)31/h4-11,18H,3,12H2,1-2H3,(H,23,28)(H,24,29). The minimum Gasteiger partial charge on any atom is -0.497 e. The van der Waals surface area contributed by atoms with Crippen molar-refractivity contribution in [2.45, 2.75) is 25.8 Å². The number of nitro groups is 1. The van der Waals surface area contributed by atoms with Crippen molar-refractivity contribution in [2.75, 3.05) is 17.7 Å². The van der Waals surface area contributed by atoms with Crippen molar-refractivity contribution in [3.63, 3.8) is 0 Å². The van der Waals surface area contributed by atoms with Gasteiger partial charge in [-0.3, -0.25) is 19.7 Å². The first-order chi connectivity index (χ1) is 15.4. The number of anilines is 2. The van der Waals surface area contributed by atoms with Gasteiger partial charge >= 0.3 is 0 Å². The lowest BCUT2D eigenvalue weighted by atomic mass is 10.0. The maximum absolute atomic E-state index is 12.7. The molecule has 0 fully saturated rings. The molecule has 0 radical (unpaired) electrons. The number of rotatable bonds is 7. The SMILES string of the molecule is CCc1nn2c(c1-c1cccc(OC)c1)NC(=O)C2CC(=O)Nc1ccc([N+](=O)[O-])cc1. The zero-order valence-corrected chi connectivity index (χ0v) is 17.5. The topological polar surface area (TPSA) is 128 Å². The number of nitrogens with zero attached hydrogens (tertiary/aromatic N) is 3.